The Morgan fingerprint density at radius 3 is 2.10 bits per heavy atom. The van der Waals surface area contributed by atoms with Crippen molar-refractivity contribution in [1.82, 2.24) is 0 Å². The first-order valence-electron chi connectivity index (χ1n) is 2.86. The van der Waals surface area contributed by atoms with Crippen LogP contribution >= 0.6 is 0 Å². The van der Waals surface area contributed by atoms with E-state index in [4.69, 9.17) is 5.11 Å². The minimum Gasteiger partial charge on any atom is -0.480 e. The van der Waals surface area contributed by atoms with Crippen LogP contribution in [0.1, 0.15) is 13.8 Å². The first-order chi connectivity index (χ1) is 4.41. The number of hydrogen-bond donors (Lipinski definition) is 1. The molecule has 0 aromatic carbocycles. The Hall–Kier alpha value is -0.580. The van der Waals surface area contributed by atoms with E-state index in [0.29, 0.717) is 0 Å². The molecule has 0 fully saturated rings. The van der Waals surface area contributed by atoms with Crippen molar-refractivity contribution in [3.63, 3.8) is 0 Å². The van der Waals surface area contributed by atoms with E-state index >= 15 is 0 Å². The lowest BCUT2D eigenvalue weighted by Crippen LogP contribution is -2.28. The fourth-order valence-electron chi connectivity index (χ4n) is 0.404. The molecular formula is C5H10O4S. The summed E-state index contributed by atoms with van der Waals surface area (Å²) in [6.07, 6.45) is 0. The smallest absolute Gasteiger partial charge is 0.321 e. The zero-order valence-electron chi connectivity index (χ0n) is 5.86. The largest absolute Gasteiger partial charge is 0.480 e. The average Bonchev–Trinajstić information content (AvgIpc) is 1.86. The normalized spacial score (nSPS) is 14.6. The van der Waals surface area contributed by atoms with Crippen molar-refractivity contribution in [2.75, 3.05) is 5.75 Å². The molecule has 0 heterocycles. The van der Waals surface area contributed by atoms with Gasteiger partial charge in [0, 0.05) is 5.75 Å². The van der Waals surface area contributed by atoms with E-state index in [9.17, 15) is 13.2 Å². The summed E-state index contributed by atoms with van der Waals surface area (Å²) in [5.74, 6) is -1.41. The van der Waals surface area contributed by atoms with Crippen LogP contribution in [0.3, 0.4) is 0 Å². The molecule has 0 aliphatic rings. The number of carboxylic acid groups (broad SMARTS) is 1. The van der Waals surface area contributed by atoms with Gasteiger partial charge in [0.1, 0.15) is 0 Å². The first kappa shape index (κ1) is 9.42. The lowest BCUT2D eigenvalue weighted by molar-refractivity contribution is -0.136. The van der Waals surface area contributed by atoms with Crippen molar-refractivity contribution in [1.29, 1.82) is 0 Å². The number of sulfone groups is 1. The van der Waals surface area contributed by atoms with Gasteiger partial charge in [0.05, 0.1) is 0 Å². The summed E-state index contributed by atoms with van der Waals surface area (Å²) in [4.78, 5) is 10.1. The Kier molecular flexibility index (Phi) is 2.83. The molecule has 0 saturated heterocycles. The van der Waals surface area contributed by atoms with Gasteiger partial charge in [-0.2, -0.15) is 0 Å². The molecule has 0 aliphatic heterocycles. The third-order valence-electron chi connectivity index (χ3n) is 1.29. The van der Waals surface area contributed by atoms with Gasteiger partial charge in [-0.1, -0.05) is 6.92 Å². The monoisotopic (exact) mass is 166 g/mol. The molecule has 10 heavy (non-hydrogen) atoms. The molecule has 1 atom stereocenters. The van der Waals surface area contributed by atoms with Gasteiger partial charge in [-0.25, -0.2) is 8.42 Å². The van der Waals surface area contributed by atoms with Crippen molar-refractivity contribution in [2.24, 2.45) is 0 Å². The van der Waals surface area contributed by atoms with E-state index in [1.165, 1.54) is 13.8 Å². The van der Waals surface area contributed by atoms with Crippen LogP contribution in [0.15, 0.2) is 0 Å². The van der Waals surface area contributed by atoms with Crippen molar-refractivity contribution >= 4 is 15.8 Å². The topological polar surface area (TPSA) is 71.4 Å². The molecule has 1 N–H and O–H groups in total. The van der Waals surface area contributed by atoms with Crippen molar-refractivity contribution < 1.29 is 18.3 Å². The summed E-state index contributed by atoms with van der Waals surface area (Å²) in [6.45, 7) is 2.59. The Bertz CT molecular complexity index is 216. The van der Waals surface area contributed by atoms with Crippen LogP contribution in [-0.4, -0.2) is 30.5 Å². The third kappa shape index (κ3) is 1.98. The number of carboxylic acids is 1. The lowest BCUT2D eigenvalue weighted by atomic mass is 10.5. The molecule has 60 valence electrons. The lowest BCUT2D eigenvalue weighted by Gasteiger charge is -2.03. The maximum absolute atomic E-state index is 10.8. The molecule has 0 rings (SSSR count). The number of carbonyl (C=O) groups is 1. The second-order valence-electron chi connectivity index (χ2n) is 1.93. The van der Waals surface area contributed by atoms with E-state index in [1.807, 2.05) is 0 Å². The van der Waals surface area contributed by atoms with E-state index in [1.54, 1.807) is 0 Å². The molecule has 0 aliphatic carbocycles. The molecule has 5 heteroatoms. The van der Waals surface area contributed by atoms with Crippen LogP contribution < -0.4 is 0 Å². The predicted octanol–water partition coefficient (Wildman–Crippen LogP) is -0.106. The fraction of sp³-hybridized carbons (Fsp3) is 0.800. The van der Waals surface area contributed by atoms with Crippen LogP contribution in [0.5, 0.6) is 0 Å². The summed E-state index contributed by atoms with van der Waals surface area (Å²) < 4.78 is 21.5. The summed E-state index contributed by atoms with van der Waals surface area (Å²) in [5, 5.41) is 6.99. The maximum atomic E-state index is 10.8. The molecule has 0 unspecified atom stereocenters. The zero-order chi connectivity index (χ0) is 8.36. The average molecular weight is 166 g/mol. The second-order valence-corrected chi connectivity index (χ2v) is 4.54. The van der Waals surface area contributed by atoms with Gasteiger partial charge >= 0.3 is 5.97 Å². The molecule has 0 aromatic heterocycles. The molecule has 0 radical (unpaired) electrons. The van der Waals surface area contributed by atoms with E-state index in [-0.39, 0.29) is 5.75 Å². The molecular weight excluding hydrogens is 156 g/mol. The van der Waals surface area contributed by atoms with Crippen molar-refractivity contribution in [3.8, 4) is 0 Å². The number of rotatable bonds is 3. The highest BCUT2D eigenvalue weighted by molar-refractivity contribution is 7.92. The summed E-state index contributed by atoms with van der Waals surface area (Å²) in [7, 11) is -3.40. The predicted molar refractivity (Wildman–Crippen MR) is 36.6 cm³/mol. The van der Waals surface area contributed by atoms with E-state index in [0.717, 1.165) is 0 Å². The van der Waals surface area contributed by atoms with Gasteiger partial charge in [0.25, 0.3) is 0 Å². The minimum atomic E-state index is -3.40. The molecule has 0 bridgehead atoms. The molecule has 0 saturated carbocycles. The Morgan fingerprint density at radius 2 is 2.00 bits per heavy atom. The SMILES string of the molecule is CCS(=O)(=O)[C@@H](C)C(=O)O. The Labute approximate surface area is 59.8 Å². The highest BCUT2D eigenvalue weighted by Crippen LogP contribution is 2.00. The second kappa shape index (κ2) is 3.01. The summed E-state index contributed by atoms with van der Waals surface area (Å²) in [6, 6.07) is 0. The molecule has 0 aromatic rings. The van der Waals surface area contributed by atoms with Crippen LogP contribution in [0.2, 0.25) is 0 Å². The molecule has 0 amide bonds. The standard InChI is InChI=1S/C5H10O4S/c1-3-10(8,9)4(2)5(6)7/h4H,3H2,1-2H3,(H,6,7)/t4-/m0/s1. The molecule has 0 spiro atoms. The van der Waals surface area contributed by atoms with Crippen molar-refractivity contribution in [2.45, 2.75) is 19.1 Å². The molecule has 4 nitrogen and oxygen atoms in total. The third-order valence-corrected chi connectivity index (χ3v) is 3.37. The first-order valence-corrected chi connectivity index (χ1v) is 4.57. The zero-order valence-corrected chi connectivity index (χ0v) is 6.68. The van der Waals surface area contributed by atoms with Crippen LogP contribution in [0, 0.1) is 0 Å². The number of hydrogen-bond acceptors (Lipinski definition) is 3. The summed E-state index contributed by atoms with van der Waals surface area (Å²) in [5.41, 5.74) is 0. The van der Waals surface area contributed by atoms with E-state index < -0.39 is 21.1 Å². The quantitative estimate of drug-likeness (QED) is 0.635. The highest BCUT2D eigenvalue weighted by Gasteiger charge is 2.24. The van der Waals surface area contributed by atoms with Gasteiger partial charge in [0.2, 0.25) is 0 Å². The highest BCUT2D eigenvalue weighted by atomic mass is 32.2. The van der Waals surface area contributed by atoms with Crippen LogP contribution in [0.25, 0.3) is 0 Å². The van der Waals surface area contributed by atoms with Gasteiger partial charge in [-0.05, 0) is 6.92 Å². The van der Waals surface area contributed by atoms with Crippen molar-refractivity contribution in [3.05, 3.63) is 0 Å². The van der Waals surface area contributed by atoms with Gasteiger partial charge in [0.15, 0.2) is 15.1 Å². The summed E-state index contributed by atoms with van der Waals surface area (Å²) >= 11 is 0. The van der Waals surface area contributed by atoms with E-state index in [2.05, 4.69) is 0 Å². The van der Waals surface area contributed by atoms with Gasteiger partial charge < -0.3 is 5.11 Å². The number of aliphatic carboxylic acids is 1. The Balaban J connectivity index is 4.51. The van der Waals surface area contributed by atoms with Crippen LogP contribution in [0.4, 0.5) is 0 Å². The van der Waals surface area contributed by atoms with Crippen LogP contribution in [-0.2, 0) is 14.6 Å². The van der Waals surface area contributed by atoms with Gasteiger partial charge in [-0.3, -0.25) is 4.79 Å². The Morgan fingerprint density at radius 1 is 1.60 bits per heavy atom. The maximum Gasteiger partial charge on any atom is 0.321 e. The minimum absolute atomic E-state index is 0.125. The fourth-order valence-corrected chi connectivity index (χ4v) is 1.21. The van der Waals surface area contributed by atoms with Gasteiger partial charge in [-0.15, -0.1) is 0 Å².